The Morgan fingerprint density at radius 1 is 1.24 bits per heavy atom. The van der Waals surface area contributed by atoms with Gasteiger partial charge in [-0.1, -0.05) is 35.4 Å². The van der Waals surface area contributed by atoms with Crippen LogP contribution in [0, 0.1) is 0 Å². The molecule has 0 radical (unpaired) electrons. The Hall–Kier alpha value is -1.37. The Morgan fingerprint density at radius 2 is 1.96 bits per heavy atom. The Balaban J connectivity index is 1.92. The first kappa shape index (κ1) is 19.9. The van der Waals surface area contributed by atoms with E-state index in [9.17, 15) is 13.2 Å². The normalized spacial score (nSPS) is 16.2. The molecule has 0 saturated heterocycles. The van der Waals surface area contributed by atoms with Gasteiger partial charge >= 0.3 is 0 Å². The third-order valence-corrected chi connectivity index (χ3v) is 5.14. The molecule has 2 rings (SSSR count). The van der Waals surface area contributed by atoms with E-state index in [0.29, 0.717) is 17.1 Å². The number of hydrogen-bond donors (Lipinski definition) is 2. The van der Waals surface area contributed by atoms with Crippen molar-refractivity contribution < 1.29 is 13.2 Å². The zero-order valence-corrected chi connectivity index (χ0v) is 16.0. The number of carbonyl (C=O) groups is 1. The van der Waals surface area contributed by atoms with Crippen LogP contribution in [0.2, 0.25) is 5.02 Å². The van der Waals surface area contributed by atoms with E-state index in [0.717, 1.165) is 25.5 Å². The number of benzene rings is 1. The van der Waals surface area contributed by atoms with Crippen molar-refractivity contribution in [2.75, 3.05) is 12.8 Å². The molecule has 1 aliphatic rings. The fourth-order valence-corrected chi connectivity index (χ4v) is 3.80. The van der Waals surface area contributed by atoms with E-state index in [1.54, 1.807) is 24.3 Å². The lowest BCUT2D eigenvalue weighted by molar-refractivity contribution is -0.121. The molecular formula is C18H25ClN2O3S. The van der Waals surface area contributed by atoms with Crippen molar-refractivity contribution in [3.8, 4) is 0 Å². The summed E-state index contributed by atoms with van der Waals surface area (Å²) in [4.78, 5) is 12.2. The van der Waals surface area contributed by atoms with E-state index < -0.39 is 16.1 Å². The second-order valence-corrected chi connectivity index (χ2v) is 8.62. The lowest BCUT2D eigenvalue weighted by Crippen LogP contribution is -2.33. The molecule has 0 aromatic heterocycles. The van der Waals surface area contributed by atoms with Crippen molar-refractivity contribution in [1.29, 1.82) is 0 Å². The summed E-state index contributed by atoms with van der Waals surface area (Å²) in [6.07, 6.45) is 8.96. The maximum atomic E-state index is 12.2. The van der Waals surface area contributed by atoms with Crippen molar-refractivity contribution in [2.24, 2.45) is 0 Å². The van der Waals surface area contributed by atoms with Crippen LogP contribution in [0.25, 0.3) is 0 Å². The van der Waals surface area contributed by atoms with Gasteiger partial charge in [0.15, 0.2) is 0 Å². The molecule has 138 valence electrons. The van der Waals surface area contributed by atoms with Gasteiger partial charge < -0.3 is 5.32 Å². The molecule has 1 aromatic carbocycles. The Kier molecular flexibility index (Phi) is 7.47. The second kappa shape index (κ2) is 9.36. The lowest BCUT2D eigenvalue weighted by Gasteiger charge is -2.18. The van der Waals surface area contributed by atoms with Gasteiger partial charge in [0.1, 0.15) is 0 Å². The summed E-state index contributed by atoms with van der Waals surface area (Å²) in [7, 11) is -3.44. The Bertz CT molecular complexity index is 714. The average Bonchev–Trinajstić information content (AvgIpc) is 2.54. The summed E-state index contributed by atoms with van der Waals surface area (Å²) in [5, 5.41) is 3.45. The highest BCUT2D eigenvalue weighted by molar-refractivity contribution is 7.88. The van der Waals surface area contributed by atoms with Gasteiger partial charge in [0.2, 0.25) is 15.9 Å². The fourth-order valence-electron chi connectivity index (χ4n) is 2.93. The third kappa shape index (κ3) is 7.59. The average molecular weight is 385 g/mol. The molecular weight excluding hydrogens is 360 g/mol. The topological polar surface area (TPSA) is 75.3 Å². The minimum atomic E-state index is -3.44. The minimum absolute atomic E-state index is 0.0494. The van der Waals surface area contributed by atoms with Crippen LogP contribution in [0.5, 0.6) is 0 Å². The van der Waals surface area contributed by atoms with Gasteiger partial charge in [-0.3, -0.25) is 4.79 Å². The highest BCUT2D eigenvalue weighted by atomic mass is 35.5. The van der Waals surface area contributed by atoms with Crippen LogP contribution in [-0.4, -0.2) is 27.1 Å². The summed E-state index contributed by atoms with van der Waals surface area (Å²) in [5.41, 5.74) is 2.11. The van der Waals surface area contributed by atoms with Gasteiger partial charge in [-0.2, -0.15) is 0 Å². The molecule has 2 N–H and O–H groups in total. The highest BCUT2D eigenvalue weighted by Crippen LogP contribution is 2.21. The van der Waals surface area contributed by atoms with Crippen LogP contribution in [0.15, 0.2) is 35.9 Å². The standard InChI is InChI=1S/C18H25ClN2O3S/c1-25(23,24)21-17(15-7-9-16(19)10-8-15)13-18(22)20-12-11-14-5-3-2-4-6-14/h5,7-10,17,21H,2-4,6,11-13H2,1H3,(H,20,22)/t17-/m1/s1. The Labute approximate surface area is 154 Å². The summed E-state index contributed by atoms with van der Waals surface area (Å²) in [6, 6.07) is 6.21. The van der Waals surface area contributed by atoms with Crippen molar-refractivity contribution >= 4 is 27.5 Å². The van der Waals surface area contributed by atoms with E-state index in [4.69, 9.17) is 11.6 Å². The molecule has 0 heterocycles. The van der Waals surface area contributed by atoms with Gasteiger partial charge in [-0.15, -0.1) is 0 Å². The molecule has 1 aromatic rings. The number of carbonyl (C=O) groups excluding carboxylic acids is 1. The zero-order chi connectivity index (χ0) is 18.3. The van der Waals surface area contributed by atoms with Gasteiger partial charge in [0.05, 0.1) is 12.3 Å². The van der Waals surface area contributed by atoms with Crippen LogP contribution in [0.1, 0.15) is 50.1 Å². The Morgan fingerprint density at radius 3 is 2.56 bits per heavy atom. The summed E-state index contributed by atoms with van der Waals surface area (Å²) >= 11 is 5.87. The molecule has 0 spiro atoms. The number of rotatable bonds is 8. The largest absolute Gasteiger partial charge is 0.356 e. The molecule has 0 unspecified atom stereocenters. The van der Waals surface area contributed by atoms with Crippen molar-refractivity contribution in [3.63, 3.8) is 0 Å². The second-order valence-electron chi connectivity index (χ2n) is 6.41. The molecule has 1 aliphatic carbocycles. The van der Waals surface area contributed by atoms with Crippen molar-refractivity contribution in [2.45, 2.75) is 44.6 Å². The molecule has 0 aliphatic heterocycles. The van der Waals surface area contributed by atoms with Crippen LogP contribution in [0.3, 0.4) is 0 Å². The van der Waals surface area contributed by atoms with E-state index in [-0.39, 0.29) is 12.3 Å². The summed E-state index contributed by atoms with van der Waals surface area (Å²) in [6.45, 7) is 0.580. The van der Waals surface area contributed by atoms with Gasteiger partial charge in [-0.05, 0) is 49.8 Å². The van der Waals surface area contributed by atoms with Crippen LogP contribution in [0.4, 0.5) is 0 Å². The van der Waals surface area contributed by atoms with Crippen molar-refractivity contribution in [1.82, 2.24) is 10.0 Å². The molecule has 0 saturated carbocycles. The van der Waals surface area contributed by atoms with Crippen LogP contribution < -0.4 is 10.0 Å². The molecule has 25 heavy (non-hydrogen) atoms. The van der Waals surface area contributed by atoms with Crippen molar-refractivity contribution in [3.05, 3.63) is 46.5 Å². The number of allylic oxidation sites excluding steroid dienone is 1. The molecule has 5 nitrogen and oxygen atoms in total. The number of hydrogen-bond acceptors (Lipinski definition) is 3. The molecule has 1 atom stereocenters. The van der Waals surface area contributed by atoms with E-state index in [1.807, 2.05) is 0 Å². The van der Waals surface area contributed by atoms with E-state index >= 15 is 0 Å². The molecule has 7 heteroatoms. The SMILES string of the molecule is CS(=O)(=O)N[C@H](CC(=O)NCCC1=CCCCC1)c1ccc(Cl)cc1. The minimum Gasteiger partial charge on any atom is -0.356 e. The number of nitrogens with one attached hydrogen (secondary N) is 2. The number of sulfonamides is 1. The quantitative estimate of drug-likeness (QED) is 0.675. The molecule has 0 fully saturated rings. The smallest absolute Gasteiger partial charge is 0.221 e. The number of amides is 1. The predicted octanol–water partition coefficient (Wildman–Crippen LogP) is 3.33. The maximum absolute atomic E-state index is 12.2. The monoisotopic (exact) mass is 384 g/mol. The third-order valence-electron chi connectivity index (χ3n) is 4.17. The van der Waals surface area contributed by atoms with Gasteiger partial charge in [-0.25, -0.2) is 13.1 Å². The van der Waals surface area contributed by atoms with Gasteiger partial charge in [0.25, 0.3) is 0 Å². The first-order valence-electron chi connectivity index (χ1n) is 8.51. The number of halogens is 1. The van der Waals surface area contributed by atoms with E-state index in [2.05, 4.69) is 16.1 Å². The van der Waals surface area contributed by atoms with Gasteiger partial charge in [0, 0.05) is 18.0 Å². The van der Waals surface area contributed by atoms with Crippen LogP contribution >= 0.6 is 11.6 Å². The highest BCUT2D eigenvalue weighted by Gasteiger charge is 2.19. The first-order valence-corrected chi connectivity index (χ1v) is 10.8. The molecule has 1 amide bonds. The van der Waals surface area contributed by atoms with E-state index in [1.165, 1.54) is 18.4 Å². The van der Waals surface area contributed by atoms with Crippen LogP contribution in [-0.2, 0) is 14.8 Å². The zero-order valence-electron chi connectivity index (χ0n) is 14.4. The first-order chi connectivity index (χ1) is 11.8. The maximum Gasteiger partial charge on any atom is 0.221 e. The lowest BCUT2D eigenvalue weighted by atomic mass is 9.97. The fraction of sp³-hybridized carbons (Fsp3) is 0.500. The predicted molar refractivity (Wildman–Crippen MR) is 101 cm³/mol. The summed E-state index contributed by atoms with van der Waals surface area (Å²) in [5.74, 6) is -0.174. The molecule has 0 bridgehead atoms. The summed E-state index contributed by atoms with van der Waals surface area (Å²) < 4.78 is 25.7.